The van der Waals surface area contributed by atoms with E-state index in [9.17, 15) is 9.59 Å². The fourth-order valence-electron chi connectivity index (χ4n) is 3.80. The van der Waals surface area contributed by atoms with Gasteiger partial charge in [-0.15, -0.1) is 0 Å². The van der Waals surface area contributed by atoms with Gasteiger partial charge < -0.3 is 15.0 Å². The highest BCUT2D eigenvalue weighted by Gasteiger charge is 2.58. The van der Waals surface area contributed by atoms with E-state index in [2.05, 4.69) is 12.2 Å². The number of piperidine rings is 1. The van der Waals surface area contributed by atoms with Gasteiger partial charge in [0.2, 0.25) is 11.8 Å². The number of hydrogen-bond donors (Lipinski definition) is 1. The molecule has 1 N–H and O–H groups in total. The Morgan fingerprint density at radius 1 is 1.03 bits per heavy atom. The molecule has 2 aromatic carbocycles. The van der Waals surface area contributed by atoms with Crippen LogP contribution in [0.3, 0.4) is 0 Å². The van der Waals surface area contributed by atoms with E-state index in [1.54, 1.807) is 0 Å². The number of rotatable bonds is 6. The predicted molar refractivity (Wildman–Crippen MR) is 112 cm³/mol. The Balaban J connectivity index is 1.33. The van der Waals surface area contributed by atoms with Crippen molar-refractivity contribution in [1.82, 2.24) is 4.90 Å². The fraction of sp³-hybridized carbons (Fsp3) is 0.417. The minimum Gasteiger partial charge on any atom is -0.489 e. The zero-order valence-electron chi connectivity index (χ0n) is 16.9. The van der Waals surface area contributed by atoms with Gasteiger partial charge in [0.05, 0.1) is 0 Å². The molecule has 5 heteroatoms. The molecule has 5 nitrogen and oxygen atoms in total. The average molecular weight is 392 g/mol. The van der Waals surface area contributed by atoms with Crippen molar-refractivity contribution in [2.24, 2.45) is 11.3 Å². The van der Waals surface area contributed by atoms with Crippen LogP contribution in [0.1, 0.15) is 38.2 Å². The molecule has 1 aliphatic carbocycles. The summed E-state index contributed by atoms with van der Waals surface area (Å²) in [5, 5.41) is 2.93. The van der Waals surface area contributed by atoms with Crippen LogP contribution in [-0.2, 0) is 16.2 Å². The van der Waals surface area contributed by atoms with Gasteiger partial charge in [0.25, 0.3) is 0 Å². The monoisotopic (exact) mass is 392 g/mol. The highest BCUT2D eigenvalue weighted by atomic mass is 16.5. The number of carbonyl (C=O) groups is 2. The highest BCUT2D eigenvalue weighted by Crippen LogP contribution is 2.48. The quantitative estimate of drug-likeness (QED) is 0.748. The van der Waals surface area contributed by atoms with Crippen LogP contribution in [0.2, 0.25) is 0 Å². The van der Waals surface area contributed by atoms with Crippen molar-refractivity contribution >= 4 is 17.5 Å². The summed E-state index contributed by atoms with van der Waals surface area (Å²) in [5.41, 5.74) is 0.933. The molecule has 4 rings (SSSR count). The Morgan fingerprint density at radius 3 is 2.31 bits per heavy atom. The Kier molecular flexibility index (Phi) is 5.56. The molecule has 2 aliphatic rings. The van der Waals surface area contributed by atoms with Crippen molar-refractivity contribution in [3.05, 3.63) is 60.2 Å². The molecule has 1 saturated heterocycles. The van der Waals surface area contributed by atoms with E-state index in [0.717, 1.165) is 37.2 Å². The molecule has 2 amide bonds. The Labute approximate surface area is 172 Å². The predicted octanol–water partition coefficient (Wildman–Crippen LogP) is 4.24. The molecule has 0 atom stereocenters. The number of ether oxygens (including phenoxy) is 1. The summed E-state index contributed by atoms with van der Waals surface area (Å²) < 4.78 is 5.78. The van der Waals surface area contributed by atoms with Gasteiger partial charge in [-0.25, -0.2) is 0 Å². The third kappa shape index (κ3) is 4.44. The largest absolute Gasteiger partial charge is 0.489 e. The van der Waals surface area contributed by atoms with Gasteiger partial charge in [-0.2, -0.15) is 0 Å². The zero-order valence-corrected chi connectivity index (χ0v) is 16.9. The maximum absolute atomic E-state index is 12.9. The summed E-state index contributed by atoms with van der Waals surface area (Å²) >= 11 is 0. The molecule has 2 aromatic rings. The van der Waals surface area contributed by atoms with E-state index in [1.807, 2.05) is 59.5 Å². The topological polar surface area (TPSA) is 58.6 Å². The lowest BCUT2D eigenvalue weighted by Crippen LogP contribution is -2.46. The second-order valence-corrected chi connectivity index (χ2v) is 8.31. The maximum atomic E-state index is 12.9. The number of carbonyl (C=O) groups excluding carboxylic acids is 2. The molecule has 0 spiro atoms. The third-order valence-electron chi connectivity index (χ3n) is 6.03. The van der Waals surface area contributed by atoms with E-state index in [4.69, 9.17) is 4.74 Å². The summed E-state index contributed by atoms with van der Waals surface area (Å²) in [6.45, 7) is 4.25. The first-order valence-electron chi connectivity index (χ1n) is 10.4. The second kappa shape index (κ2) is 8.27. The van der Waals surface area contributed by atoms with E-state index in [0.29, 0.717) is 31.1 Å². The van der Waals surface area contributed by atoms with Crippen LogP contribution in [0.25, 0.3) is 0 Å². The molecule has 152 valence electrons. The number of hydrogen-bond acceptors (Lipinski definition) is 3. The zero-order chi connectivity index (χ0) is 20.3. The first kappa shape index (κ1) is 19.5. The van der Waals surface area contributed by atoms with Gasteiger partial charge in [0.1, 0.15) is 17.8 Å². The number of amides is 2. The molecular weight excluding hydrogens is 364 g/mol. The molecule has 1 aliphatic heterocycles. The van der Waals surface area contributed by atoms with Crippen LogP contribution >= 0.6 is 0 Å². The number of anilines is 1. The minimum atomic E-state index is -0.858. The van der Waals surface area contributed by atoms with E-state index in [1.165, 1.54) is 0 Å². The van der Waals surface area contributed by atoms with E-state index in [-0.39, 0.29) is 11.8 Å². The summed E-state index contributed by atoms with van der Waals surface area (Å²) in [4.78, 5) is 27.7. The van der Waals surface area contributed by atoms with Gasteiger partial charge in [-0.05, 0) is 61.4 Å². The molecule has 1 heterocycles. The first-order valence-corrected chi connectivity index (χ1v) is 10.4. The average Bonchev–Trinajstić information content (AvgIpc) is 3.56. The molecule has 1 saturated carbocycles. The number of nitrogens with one attached hydrogen (secondary N) is 1. The molecule has 2 fully saturated rings. The molecule has 29 heavy (non-hydrogen) atoms. The normalized spacial score (nSPS) is 18.2. The lowest BCUT2D eigenvalue weighted by atomic mass is 9.96. The van der Waals surface area contributed by atoms with Crippen LogP contribution < -0.4 is 10.1 Å². The SMILES string of the molecule is CC1CCN(C(=O)C2(C(=O)Nc3ccc(OCc4ccccc4)cc3)CC2)CC1. The van der Waals surface area contributed by atoms with Gasteiger partial charge >= 0.3 is 0 Å². The van der Waals surface area contributed by atoms with Crippen LogP contribution in [0.4, 0.5) is 5.69 Å². The van der Waals surface area contributed by atoms with Gasteiger partial charge in [0.15, 0.2) is 0 Å². The van der Waals surface area contributed by atoms with Crippen LogP contribution in [-0.4, -0.2) is 29.8 Å². The Bertz CT molecular complexity index is 851. The van der Waals surface area contributed by atoms with Gasteiger partial charge in [0, 0.05) is 18.8 Å². The molecule has 0 aromatic heterocycles. The van der Waals surface area contributed by atoms with E-state index < -0.39 is 5.41 Å². The van der Waals surface area contributed by atoms with Crippen LogP contribution in [0.5, 0.6) is 5.75 Å². The lowest BCUT2D eigenvalue weighted by molar-refractivity contribution is -0.143. The summed E-state index contributed by atoms with van der Waals surface area (Å²) in [5.74, 6) is 1.22. The van der Waals surface area contributed by atoms with Crippen molar-refractivity contribution in [3.8, 4) is 5.75 Å². The van der Waals surface area contributed by atoms with Crippen LogP contribution in [0.15, 0.2) is 54.6 Å². The lowest BCUT2D eigenvalue weighted by Gasteiger charge is -2.32. The fourth-order valence-corrected chi connectivity index (χ4v) is 3.80. The Hall–Kier alpha value is -2.82. The second-order valence-electron chi connectivity index (χ2n) is 8.31. The number of likely N-dealkylation sites (tertiary alicyclic amines) is 1. The molecular formula is C24H28N2O3. The standard InChI is InChI=1S/C24H28N2O3/c1-18-11-15-26(16-12-18)23(28)24(13-14-24)22(27)25-20-7-9-21(10-8-20)29-17-19-5-3-2-4-6-19/h2-10,18H,11-17H2,1H3,(H,25,27). The van der Waals surface area contributed by atoms with Crippen molar-refractivity contribution in [2.75, 3.05) is 18.4 Å². The van der Waals surface area contributed by atoms with Gasteiger partial charge in [-0.3, -0.25) is 9.59 Å². The minimum absolute atomic E-state index is 0.00437. The Morgan fingerprint density at radius 2 is 1.69 bits per heavy atom. The van der Waals surface area contributed by atoms with Gasteiger partial charge in [-0.1, -0.05) is 37.3 Å². The van der Waals surface area contributed by atoms with E-state index >= 15 is 0 Å². The molecule has 0 unspecified atom stereocenters. The summed E-state index contributed by atoms with van der Waals surface area (Å²) in [6.07, 6.45) is 3.33. The smallest absolute Gasteiger partial charge is 0.240 e. The maximum Gasteiger partial charge on any atom is 0.240 e. The van der Waals surface area contributed by atoms with Crippen molar-refractivity contribution in [1.29, 1.82) is 0 Å². The van der Waals surface area contributed by atoms with Crippen LogP contribution in [0, 0.1) is 11.3 Å². The van der Waals surface area contributed by atoms with Crippen molar-refractivity contribution < 1.29 is 14.3 Å². The number of nitrogens with zero attached hydrogens (tertiary/aromatic N) is 1. The number of benzene rings is 2. The van der Waals surface area contributed by atoms with Crippen molar-refractivity contribution in [3.63, 3.8) is 0 Å². The summed E-state index contributed by atoms with van der Waals surface area (Å²) in [7, 11) is 0. The third-order valence-corrected chi connectivity index (χ3v) is 6.03. The molecule has 0 bridgehead atoms. The van der Waals surface area contributed by atoms with Crippen molar-refractivity contribution in [2.45, 2.75) is 39.2 Å². The molecule has 0 radical (unpaired) electrons. The highest BCUT2D eigenvalue weighted by molar-refractivity contribution is 6.13. The first-order chi connectivity index (χ1) is 14.1. The summed E-state index contributed by atoms with van der Waals surface area (Å²) in [6, 6.07) is 17.3.